The first kappa shape index (κ1) is 17.4. The van der Waals surface area contributed by atoms with E-state index in [9.17, 15) is 9.59 Å². The number of rotatable bonds is 6. The average molecular weight is 354 g/mol. The van der Waals surface area contributed by atoms with E-state index >= 15 is 0 Å². The van der Waals surface area contributed by atoms with Crippen LogP contribution in [-0.2, 0) is 4.79 Å². The highest BCUT2D eigenvalue weighted by atomic mass is 79.9. The van der Waals surface area contributed by atoms with Crippen LogP contribution in [0.4, 0.5) is 0 Å². The van der Waals surface area contributed by atoms with Crippen LogP contribution in [0, 0.1) is 0 Å². The third-order valence-corrected chi connectivity index (χ3v) is 3.59. The van der Waals surface area contributed by atoms with Crippen molar-refractivity contribution >= 4 is 33.5 Å². The highest BCUT2D eigenvalue weighted by Gasteiger charge is 2.10. The molecule has 1 aromatic carbocycles. The number of carbonyl (C=O) groups excluding carboxylic acids is 2. The summed E-state index contributed by atoms with van der Waals surface area (Å²) < 4.78 is 0.699. The summed E-state index contributed by atoms with van der Waals surface area (Å²) in [5.74, 6) is -0.412. The molecule has 1 aromatic rings. The predicted octanol–water partition coefficient (Wildman–Crippen LogP) is 2.86. The number of nitrogens with one attached hydrogen (secondary N) is 2. The van der Waals surface area contributed by atoms with Crippen LogP contribution < -0.4 is 10.7 Å². The van der Waals surface area contributed by atoms with E-state index in [4.69, 9.17) is 0 Å². The van der Waals surface area contributed by atoms with Gasteiger partial charge in [0.05, 0.1) is 12.0 Å². The number of hydrazone groups is 1. The number of amides is 2. The number of carbonyl (C=O) groups is 2. The summed E-state index contributed by atoms with van der Waals surface area (Å²) >= 11 is 3.31. The van der Waals surface area contributed by atoms with Crippen molar-refractivity contribution in [2.24, 2.45) is 5.10 Å². The highest BCUT2D eigenvalue weighted by Crippen LogP contribution is 2.15. The summed E-state index contributed by atoms with van der Waals surface area (Å²) in [5, 5.41) is 6.80. The summed E-state index contributed by atoms with van der Waals surface area (Å²) in [6.07, 6.45) is 1.04. The van der Waals surface area contributed by atoms with Crippen molar-refractivity contribution in [3.05, 3.63) is 34.3 Å². The molecule has 0 heterocycles. The minimum atomic E-state index is -0.316. The molecule has 0 aliphatic rings. The maximum absolute atomic E-state index is 11.9. The molecule has 6 heteroatoms. The minimum Gasteiger partial charge on any atom is -0.353 e. The Bertz CT molecular complexity index is 543. The molecule has 0 fully saturated rings. The smallest absolute Gasteiger partial charge is 0.272 e. The number of benzene rings is 1. The lowest BCUT2D eigenvalue weighted by atomic mass is 10.2. The molecule has 2 amide bonds. The van der Waals surface area contributed by atoms with Gasteiger partial charge in [-0.15, -0.1) is 0 Å². The number of hydrogen-bond acceptors (Lipinski definition) is 3. The fraction of sp³-hybridized carbons (Fsp3) is 0.400. The molecule has 114 valence electrons. The Morgan fingerprint density at radius 2 is 2.00 bits per heavy atom. The summed E-state index contributed by atoms with van der Waals surface area (Å²) in [6.45, 7) is 5.65. The second-order valence-corrected chi connectivity index (χ2v) is 5.68. The van der Waals surface area contributed by atoms with Gasteiger partial charge in [-0.05, 0) is 48.3 Å². The molecular weight excluding hydrogens is 334 g/mol. The monoisotopic (exact) mass is 353 g/mol. The molecule has 0 aliphatic heterocycles. The van der Waals surface area contributed by atoms with Gasteiger partial charge in [-0.3, -0.25) is 9.59 Å². The zero-order valence-corrected chi connectivity index (χ0v) is 14.0. The van der Waals surface area contributed by atoms with E-state index in [1.165, 1.54) is 0 Å². The van der Waals surface area contributed by atoms with Gasteiger partial charge in [0, 0.05) is 16.2 Å². The second kappa shape index (κ2) is 8.56. The largest absolute Gasteiger partial charge is 0.353 e. The Kier molecular flexibility index (Phi) is 7.08. The quantitative estimate of drug-likeness (QED) is 0.609. The molecule has 0 saturated carbocycles. The zero-order valence-electron chi connectivity index (χ0n) is 12.4. The van der Waals surface area contributed by atoms with Crippen molar-refractivity contribution in [3.8, 4) is 0 Å². The van der Waals surface area contributed by atoms with Crippen molar-refractivity contribution < 1.29 is 9.59 Å². The van der Waals surface area contributed by atoms with Gasteiger partial charge in [-0.2, -0.15) is 5.10 Å². The van der Waals surface area contributed by atoms with Crippen LogP contribution >= 0.6 is 15.9 Å². The second-order valence-electron chi connectivity index (χ2n) is 4.82. The Hall–Kier alpha value is -1.69. The van der Waals surface area contributed by atoms with Crippen LogP contribution in [0.15, 0.2) is 33.8 Å². The molecule has 0 aliphatic carbocycles. The Labute approximate surface area is 133 Å². The van der Waals surface area contributed by atoms with Gasteiger partial charge in [-0.1, -0.05) is 19.1 Å². The first-order valence-corrected chi connectivity index (χ1v) is 7.60. The summed E-state index contributed by atoms with van der Waals surface area (Å²) in [7, 11) is 0. The van der Waals surface area contributed by atoms with E-state index < -0.39 is 0 Å². The third-order valence-electron chi connectivity index (χ3n) is 2.90. The van der Waals surface area contributed by atoms with Gasteiger partial charge in [0.1, 0.15) is 0 Å². The first-order chi connectivity index (χ1) is 9.93. The minimum absolute atomic E-state index is 0.0965. The fourth-order valence-corrected chi connectivity index (χ4v) is 2.02. The summed E-state index contributed by atoms with van der Waals surface area (Å²) in [5.41, 5.74) is 3.50. The van der Waals surface area contributed by atoms with Crippen LogP contribution in [0.2, 0.25) is 0 Å². The van der Waals surface area contributed by atoms with E-state index in [1.807, 2.05) is 19.9 Å². The lowest BCUT2D eigenvalue weighted by molar-refractivity contribution is -0.120. The lowest BCUT2D eigenvalue weighted by Gasteiger charge is -2.11. The van der Waals surface area contributed by atoms with Crippen molar-refractivity contribution in [3.63, 3.8) is 0 Å². The first-order valence-electron chi connectivity index (χ1n) is 6.81. The Morgan fingerprint density at radius 1 is 1.33 bits per heavy atom. The van der Waals surface area contributed by atoms with Crippen LogP contribution in [-0.4, -0.2) is 23.6 Å². The molecule has 0 radical (unpaired) electrons. The van der Waals surface area contributed by atoms with Gasteiger partial charge in [0.15, 0.2) is 0 Å². The van der Waals surface area contributed by atoms with E-state index in [1.54, 1.807) is 25.1 Å². The third kappa shape index (κ3) is 6.08. The van der Waals surface area contributed by atoms with Crippen molar-refractivity contribution in [2.45, 2.75) is 39.7 Å². The van der Waals surface area contributed by atoms with E-state index in [0.29, 0.717) is 15.7 Å². The van der Waals surface area contributed by atoms with Crippen molar-refractivity contribution in [1.82, 2.24) is 10.7 Å². The fourth-order valence-electron chi connectivity index (χ4n) is 1.55. The molecule has 0 saturated heterocycles. The molecule has 5 nitrogen and oxygen atoms in total. The number of hydrogen-bond donors (Lipinski definition) is 2. The summed E-state index contributed by atoms with van der Waals surface area (Å²) in [6, 6.07) is 7.22. The maximum atomic E-state index is 11.9. The SMILES string of the molecule is CCC(C)NC(=O)C/C(C)=N/NC(=O)c1ccccc1Br. The zero-order chi connectivity index (χ0) is 15.8. The van der Waals surface area contributed by atoms with Crippen molar-refractivity contribution in [1.29, 1.82) is 0 Å². The van der Waals surface area contributed by atoms with Gasteiger partial charge in [0.2, 0.25) is 5.91 Å². The normalized spacial score (nSPS) is 12.7. The molecule has 0 bridgehead atoms. The topological polar surface area (TPSA) is 70.6 Å². The van der Waals surface area contributed by atoms with Crippen LogP contribution in [0.25, 0.3) is 0 Å². The Morgan fingerprint density at radius 3 is 2.62 bits per heavy atom. The van der Waals surface area contributed by atoms with Crippen molar-refractivity contribution in [2.75, 3.05) is 0 Å². The van der Waals surface area contributed by atoms with Gasteiger partial charge in [-0.25, -0.2) is 5.43 Å². The van der Waals surface area contributed by atoms with Crippen LogP contribution in [0.1, 0.15) is 44.0 Å². The molecular formula is C15H20BrN3O2. The highest BCUT2D eigenvalue weighted by molar-refractivity contribution is 9.10. The summed E-state index contributed by atoms with van der Waals surface area (Å²) in [4.78, 5) is 23.6. The molecule has 21 heavy (non-hydrogen) atoms. The van der Waals surface area contributed by atoms with Crippen LogP contribution in [0.5, 0.6) is 0 Å². The van der Waals surface area contributed by atoms with E-state index in [0.717, 1.165) is 6.42 Å². The van der Waals surface area contributed by atoms with E-state index in [2.05, 4.69) is 31.8 Å². The van der Waals surface area contributed by atoms with E-state index in [-0.39, 0.29) is 24.3 Å². The van der Waals surface area contributed by atoms with Crippen LogP contribution in [0.3, 0.4) is 0 Å². The molecule has 1 unspecified atom stereocenters. The molecule has 0 aromatic heterocycles. The molecule has 1 rings (SSSR count). The van der Waals surface area contributed by atoms with Gasteiger partial charge >= 0.3 is 0 Å². The lowest BCUT2D eigenvalue weighted by Crippen LogP contribution is -2.33. The Balaban J connectivity index is 2.54. The standard InChI is InChI=1S/C15H20BrN3O2/c1-4-10(2)17-14(20)9-11(3)18-19-15(21)12-7-5-6-8-13(12)16/h5-8,10H,4,9H2,1-3H3,(H,17,20)(H,19,21)/b18-11+. The number of halogens is 1. The number of nitrogens with zero attached hydrogens (tertiary/aromatic N) is 1. The average Bonchev–Trinajstić information content (AvgIpc) is 2.44. The predicted molar refractivity (Wildman–Crippen MR) is 87.2 cm³/mol. The van der Waals surface area contributed by atoms with Gasteiger partial charge < -0.3 is 5.32 Å². The maximum Gasteiger partial charge on any atom is 0.272 e. The molecule has 1 atom stereocenters. The molecule has 2 N–H and O–H groups in total. The van der Waals surface area contributed by atoms with Gasteiger partial charge in [0.25, 0.3) is 5.91 Å². The molecule has 0 spiro atoms.